The minimum atomic E-state index is -1.02. The van der Waals surface area contributed by atoms with Crippen LogP contribution in [0, 0.1) is 20.8 Å². The first-order valence-electron chi connectivity index (χ1n) is 2.82. The molecule has 0 aliphatic heterocycles. The van der Waals surface area contributed by atoms with E-state index in [0.717, 1.165) is 13.8 Å². The summed E-state index contributed by atoms with van der Waals surface area (Å²) < 4.78 is 0. The Bertz CT molecular complexity index is 163. The van der Waals surface area contributed by atoms with Crippen LogP contribution in [-0.2, 0) is 25.5 Å². The van der Waals surface area contributed by atoms with Gasteiger partial charge in [0, 0.05) is 13.8 Å². The van der Waals surface area contributed by atoms with Crippen LogP contribution in [0.3, 0.4) is 0 Å². The molecule has 0 saturated carbocycles. The van der Waals surface area contributed by atoms with Gasteiger partial charge in [0.25, 0.3) is 0 Å². The fraction of sp³-hybridized carbons (Fsp3) is 0.500. The second-order valence-corrected chi connectivity index (χ2v) is 3.96. The van der Waals surface area contributed by atoms with Crippen molar-refractivity contribution in [1.29, 1.82) is 0 Å². The van der Waals surface area contributed by atoms with Gasteiger partial charge in [-0.25, -0.2) is 0 Å². The second kappa shape index (κ2) is 14.0. The summed E-state index contributed by atoms with van der Waals surface area (Å²) in [6.45, 7) is 1.81. The fourth-order valence-electron chi connectivity index (χ4n) is 0. The molecule has 0 spiro atoms. The standard InChI is InChI=1S/2C2H3NO3.2ClH.Pd/c2*1-2(4)3(5)6;;;/h2*1H3;2*1H;/q2*-2;;;+2/p-2. The van der Waals surface area contributed by atoms with Crippen LogP contribution >= 0.6 is 19.1 Å². The van der Waals surface area contributed by atoms with E-state index in [1.165, 1.54) is 0 Å². The van der Waals surface area contributed by atoms with Gasteiger partial charge >= 0.3 is 35.0 Å². The second-order valence-electron chi connectivity index (χ2n) is 1.60. The van der Waals surface area contributed by atoms with E-state index in [2.05, 4.69) is 0 Å². The molecule has 0 unspecified atom stereocenters. The summed E-state index contributed by atoms with van der Waals surface area (Å²) in [5.41, 5.74) is 0. The number of hydroxylamine groups is 4. The molecular weight excluding hydrogens is 349 g/mol. The molecule has 15 heavy (non-hydrogen) atoms. The average molecular weight is 355 g/mol. The van der Waals surface area contributed by atoms with Crippen molar-refractivity contribution in [3.05, 3.63) is 20.8 Å². The Labute approximate surface area is 102 Å². The van der Waals surface area contributed by atoms with E-state index in [4.69, 9.17) is 39.9 Å². The van der Waals surface area contributed by atoms with Gasteiger partial charge in [-0.05, 0) is 0 Å². The quantitative estimate of drug-likeness (QED) is 0.471. The van der Waals surface area contributed by atoms with Crippen molar-refractivity contribution >= 4 is 30.9 Å². The first-order valence-corrected chi connectivity index (χ1v) is 6.83. The van der Waals surface area contributed by atoms with Crippen LogP contribution in [0.1, 0.15) is 13.8 Å². The Hall–Kier alpha value is 0.0223. The molecule has 0 fully saturated rings. The molecule has 0 aromatic rings. The molecule has 0 bridgehead atoms. The zero-order valence-corrected chi connectivity index (χ0v) is 10.5. The van der Waals surface area contributed by atoms with Gasteiger partial charge in [-0.3, -0.25) is 9.59 Å². The van der Waals surface area contributed by atoms with Crippen LogP contribution in [-0.4, -0.2) is 22.3 Å². The predicted molar refractivity (Wildman–Crippen MR) is 50.2 cm³/mol. The third-order valence-electron chi connectivity index (χ3n) is 0.514. The summed E-state index contributed by atoms with van der Waals surface area (Å²) in [4.78, 5) is 18.9. The van der Waals surface area contributed by atoms with Gasteiger partial charge in [0.1, 0.15) is 0 Å². The van der Waals surface area contributed by atoms with Gasteiger partial charge < -0.3 is 31.3 Å². The Morgan fingerprint density at radius 2 is 1.00 bits per heavy atom. The third-order valence-corrected chi connectivity index (χ3v) is 0.514. The molecule has 8 nitrogen and oxygen atoms in total. The molecule has 0 rings (SSSR count). The Balaban J connectivity index is -0.000000153. The molecular formula is C4H6Cl2N2O6Pd-4. The van der Waals surface area contributed by atoms with Crippen LogP contribution in [0.4, 0.5) is 0 Å². The third kappa shape index (κ3) is 31.5. The summed E-state index contributed by atoms with van der Waals surface area (Å²) in [5.74, 6) is -2.04. The molecule has 0 heterocycles. The molecule has 96 valence electrons. The summed E-state index contributed by atoms with van der Waals surface area (Å²) in [6, 6.07) is 0. The SMILES string of the molecule is CC(=O)N([O-])[O-].CC(=O)N([O-])[O-].[Cl][Pd][Cl]. The van der Waals surface area contributed by atoms with E-state index in [1.54, 1.807) is 0 Å². The summed E-state index contributed by atoms with van der Waals surface area (Å²) >= 11 is -0.106. The minimum absolute atomic E-state index is 0.106. The van der Waals surface area contributed by atoms with Crippen molar-refractivity contribution in [2.75, 3.05) is 0 Å². The predicted octanol–water partition coefficient (Wildman–Crippen LogP) is 1.04. The molecule has 11 heteroatoms. The van der Waals surface area contributed by atoms with Crippen molar-refractivity contribution in [3.63, 3.8) is 0 Å². The maximum atomic E-state index is 9.44. The Kier molecular flexibility index (Phi) is 19.1. The Morgan fingerprint density at radius 1 is 0.933 bits per heavy atom. The average Bonchev–Trinajstić information content (AvgIpc) is 2.06. The van der Waals surface area contributed by atoms with Crippen LogP contribution in [0.25, 0.3) is 0 Å². The first-order chi connectivity index (χ1) is 6.70. The van der Waals surface area contributed by atoms with E-state index in [9.17, 15) is 9.59 Å². The van der Waals surface area contributed by atoms with Crippen LogP contribution in [0.2, 0.25) is 0 Å². The molecule has 2 amide bonds. The number of hydrogen-bond donors (Lipinski definition) is 0. The van der Waals surface area contributed by atoms with E-state index in [1.807, 2.05) is 0 Å². The maximum absolute atomic E-state index is 9.44. The number of rotatable bonds is 0. The normalized spacial score (nSPS) is 7.73. The first kappa shape index (κ1) is 20.4. The molecule has 0 aliphatic carbocycles. The van der Waals surface area contributed by atoms with Gasteiger partial charge in [-0.15, -0.1) is 0 Å². The monoisotopic (exact) mass is 354 g/mol. The zero-order valence-electron chi connectivity index (χ0n) is 7.42. The molecule has 0 aromatic heterocycles. The zero-order chi connectivity index (χ0) is 13.0. The molecule has 0 aliphatic rings. The summed E-state index contributed by atoms with van der Waals surface area (Å²) in [6.07, 6.45) is 0. The van der Waals surface area contributed by atoms with Crippen LogP contribution < -0.4 is 0 Å². The number of carbonyl (C=O) groups excluding carboxylic acids is 2. The van der Waals surface area contributed by atoms with Crippen molar-refractivity contribution < 1.29 is 25.5 Å². The van der Waals surface area contributed by atoms with E-state index in [0.29, 0.717) is 0 Å². The topological polar surface area (TPSA) is 133 Å². The van der Waals surface area contributed by atoms with Gasteiger partial charge in [0.15, 0.2) is 11.8 Å². The molecule has 0 aromatic carbocycles. The van der Waals surface area contributed by atoms with Crippen molar-refractivity contribution in [2.24, 2.45) is 0 Å². The van der Waals surface area contributed by atoms with Crippen LogP contribution in [0.5, 0.6) is 0 Å². The van der Waals surface area contributed by atoms with E-state index < -0.39 is 22.3 Å². The molecule has 0 radical (unpaired) electrons. The Morgan fingerprint density at radius 3 is 1.00 bits per heavy atom. The fourth-order valence-corrected chi connectivity index (χ4v) is 0. The number of halogens is 2. The molecule has 0 atom stereocenters. The van der Waals surface area contributed by atoms with Gasteiger partial charge in [-0.2, -0.15) is 0 Å². The van der Waals surface area contributed by atoms with Crippen molar-refractivity contribution in [2.45, 2.75) is 13.8 Å². The number of nitrogens with zero attached hydrogens (tertiary/aromatic N) is 2. The van der Waals surface area contributed by atoms with E-state index >= 15 is 0 Å². The molecule has 0 N–H and O–H groups in total. The summed E-state index contributed by atoms with van der Waals surface area (Å²) in [7, 11) is 9.63. The number of amides is 2. The van der Waals surface area contributed by atoms with Gasteiger partial charge in [0.2, 0.25) is 0 Å². The summed E-state index contributed by atoms with van der Waals surface area (Å²) in [5, 5.41) is 34.7. The number of carbonyl (C=O) groups is 2. The number of hydrogen-bond acceptors (Lipinski definition) is 6. The van der Waals surface area contributed by atoms with Gasteiger partial charge in [0.05, 0.1) is 0 Å². The van der Waals surface area contributed by atoms with Crippen molar-refractivity contribution in [3.8, 4) is 0 Å². The molecule has 0 saturated heterocycles. The van der Waals surface area contributed by atoms with Gasteiger partial charge in [-0.1, -0.05) is 0 Å². The van der Waals surface area contributed by atoms with Crippen molar-refractivity contribution in [1.82, 2.24) is 10.5 Å². The van der Waals surface area contributed by atoms with Crippen LogP contribution in [0.15, 0.2) is 0 Å². The van der Waals surface area contributed by atoms with E-state index in [-0.39, 0.29) is 15.9 Å².